The predicted molar refractivity (Wildman–Crippen MR) is 119 cm³/mol. The van der Waals surface area contributed by atoms with Gasteiger partial charge in [0, 0.05) is 17.6 Å². The molecular formula is C25H24N2O4. The van der Waals surface area contributed by atoms with Crippen molar-refractivity contribution in [1.82, 2.24) is 0 Å². The second kappa shape index (κ2) is 10.3. The highest BCUT2D eigenvalue weighted by Gasteiger charge is 2.18. The lowest BCUT2D eigenvalue weighted by molar-refractivity contribution is -0.149. The molecule has 0 spiro atoms. The summed E-state index contributed by atoms with van der Waals surface area (Å²) < 4.78 is 10.8. The van der Waals surface area contributed by atoms with E-state index in [2.05, 4.69) is 0 Å². The zero-order valence-corrected chi connectivity index (χ0v) is 17.6. The van der Waals surface area contributed by atoms with Gasteiger partial charge >= 0.3 is 5.97 Å². The average molecular weight is 416 g/mol. The first kappa shape index (κ1) is 21.8. The van der Waals surface area contributed by atoms with Crippen LogP contribution >= 0.6 is 0 Å². The number of nitrogens with zero attached hydrogens (tertiary/aromatic N) is 2. The quantitative estimate of drug-likeness (QED) is 0.511. The van der Waals surface area contributed by atoms with E-state index >= 15 is 0 Å². The molecule has 0 aromatic heterocycles. The van der Waals surface area contributed by atoms with E-state index in [4.69, 9.17) is 14.7 Å². The largest absolute Gasteiger partial charge is 0.481 e. The summed E-state index contributed by atoms with van der Waals surface area (Å²) in [7, 11) is 0. The van der Waals surface area contributed by atoms with E-state index < -0.39 is 18.5 Å². The lowest BCUT2D eigenvalue weighted by Crippen LogP contribution is -2.36. The molecular weight excluding hydrogens is 392 g/mol. The Morgan fingerprint density at radius 1 is 0.968 bits per heavy atom. The van der Waals surface area contributed by atoms with E-state index in [0.29, 0.717) is 11.4 Å². The minimum Gasteiger partial charge on any atom is -0.481 e. The van der Waals surface area contributed by atoms with E-state index in [1.54, 1.807) is 6.07 Å². The Bertz CT molecular complexity index is 1110. The van der Waals surface area contributed by atoms with Crippen LogP contribution in [0.4, 0.5) is 5.69 Å². The zero-order chi connectivity index (χ0) is 22.2. The Kier molecular flexibility index (Phi) is 7.23. The molecule has 6 nitrogen and oxygen atoms in total. The number of carbonyl (C=O) groups excluding carboxylic acids is 2. The molecule has 0 radical (unpaired) electrons. The Morgan fingerprint density at radius 3 is 2.42 bits per heavy atom. The van der Waals surface area contributed by atoms with Crippen molar-refractivity contribution in [3.05, 3.63) is 71.8 Å². The molecule has 0 N–H and O–H groups in total. The van der Waals surface area contributed by atoms with Gasteiger partial charge in [-0.3, -0.25) is 4.79 Å². The number of nitriles is 1. The first-order valence-corrected chi connectivity index (χ1v) is 9.99. The highest BCUT2D eigenvalue weighted by molar-refractivity contribution is 5.95. The van der Waals surface area contributed by atoms with Gasteiger partial charge in [0.05, 0.1) is 12.5 Å². The first-order valence-electron chi connectivity index (χ1n) is 9.99. The van der Waals surface area contributed by atoms with E-state index in [0.717, 1.165) is 21.9 Å². The highest BCUT2D eigenvalue weighted by Crippen LogP contribution is 2.25. The molecule has 3 aromatic rings. The van der Waals surface area contributed by atoms with Gasteiger partial charge < -0.3 is 14.4 Å². The van der Waals surface area contributed by atoms with Crippen LogP contribution in [0.1, 0.15) is 17.5 Å². The Labute approximate surface area is 181 Å². The Balaban J connectivity index is 1.60. The third-order valence-corrected chi connectivity index (χ3v) is 4.72. The number of hydrogen-bond donors (Lipinski definition) is 0. The molecule has 6 heteroatoms. The van der Waals surface area contributed by atoms with Crippen molar-refractivity contribution in [2.45, 2.75) is 20.3 Å². The average Bonchev–Trinajstić information content (AvgIpc) is 2.75. The smallest absolute Gasteiger partial charge is 0.344 e. The number of esters is 1. The third kappa shape index (κ3) is 5.83. The van der Waals surface area contributed by atoms with Crippen LogP contribution < -0.4 is 9.64 Å². The van der Waals surface area contributed by atoms with Gasteiger partial charge in [0.2, 0.25) is 0 Å². The lowest BCUT2D eigenvalue weighted by Gasteiger charge is -2.22. The summed E-state index contributed by atoms with van der Waals surface area (Å²) in [5.74, 6) is -0.451. The van der Waals surface area contributed by atoms with Crippen LogP contribution in [0.15, 0.2) is 60.7 Å². The Hall–Kier alpha value is -3.85. The summed E-state index contributed by atoms with van der Waals surface area (Å²) in [6.07, 6.45) is 0.177. The maximum atomic E-state index is 12.7. The van der Waals surface area contributed by atoms with E-state index in [-0.39, 0.29) is 19.6 Å². The maximum absolute atomic E-state index is 12.7. The van der Waals surface area contributed by atoms with Gasteiger partial charge in [0.1, 0.15) is 5.75 Å². The van der Waals surface area contributed by atoms with Crippen molar-refractivity contribution in [3.63, 3.8) is 0 Å². The highest BCUT2D eigenvalue weighted by atomic mass is 16.6. The van der Waals surface area contributed by atoms with Crippen LogP contribution in [0.3, 0.4) is 0 Å². The van der Waals surface area contributed by atoms with Crippen molar-refractivity contribution in [2.24, 2.45) is 0 Å². The summed E-state index contributed by atoms with van der Waals surface area (Å²) in [4.78, 5) is 26.4. The number of hydrogen-bond acceptors (Lipinski definition) is 5. The van der Waals surface area contributed by atoms with Crippen LogP contribution in [-0.4, -0.2) is 31.6 Å². The van der Waals surface area contributed by atoms with Crippen LogP contribution in [0.25, 0.3) is 10.8 Å². The molecule has 3 rings (SSSR count). The Morgan fingerprint density at radius 2 is 1.68 bits per heavy atom. The zero-order valence-electron chi connectivity index (χ0n) is 17.6. The molecule has 0 aliphatic carbocycles. The van der Waals surface area contributed by atoms with Gasteiger partial charge in [0.25, 0.3) is 5.91 Å². The maximum Gasteiger partial charge on any atom is 0.344 e. The molecule has 0 bridgehead atoms. The van der Waals surface area contributed by atoms with Gasteiger partial charge in [0.15, 0.2) is 13.2 Å². The topological polar surface area (TPSA) is 79.6 Å². The molecule has 0 fully saturated rings. The fraction of sp³-hybridized carbons (Fsp3) is 0.240. The van der Waals surface area contributed by atoms with Crippen LogP contribution in [0, 0.1) is 25.2 Å². The molecule has 0 unspecified atom stereocenters. The van der Waals surface area contributed by atoms with Gasteiger partial charge in [-0.05, 0) is 48.6 Å². The van der Waals surface area contributed by atoms with Gasteiger partial charge in [-0.15, -0.1) is 0 Å². The standard InChI is InChI=1S/C25H24N2O4/c1-18-13-19(2)15-21(14-18)27(12-6-11-26)24(28)16-31-25(29)17-30-23-10-5-8-20-7-3-4-9-22(20)23/h3-5,7-10,13-15H,6,12,16-17H2,1-2H3. The van der Waals surface area contributed by atoms with E-state index in [1.165, 1.54) is 4.90 Å². The number of ether oxygens (including phenoxy) is 2. The van der Waals surface area contributed by atoms with Crippen LogP contribution in [-0.2, 0) is 14.3 Å². The fourth-order valence-corrected chi connectivity index (χ4v) is 3.39. The van der Waals surface area contributed by atoms with Gasteiger partial charge in [-0.2, -0.15) is 5.26 Å². The van der Waals surface area contributed by atoms with Crippen LogP contribution in [0.5, 0.6) is 5.75 Å². The number of aryl methyl sites for hydroxylation is 2. The summed E-state index contributed by atoms with van der Waals surface area (Å²) >= 11 is 0. The number of anilines is 1. The molecule has 31 heavy (non-hydrogen) atoms. The molecule has 0 atom stereocenters. The molecule has 0 heterocycles. The molecule has 3 aromatic carbocycles. The minimum atomic E-state index is -0.637. The van der Waals surface area contributed by atoms with Crippen molar-refractivity contribution in [3.8, 4) is 11.8 Å². The van der Waals surface area contributed by atoms with Crippen molar-refractivity contribution >= 4 is 28.3 Å². The second-order valence-corrected chi connectivity index (χ2v) is 7.23. The van der Waals surface area contributed by atoms with Crippen molar-refractivity contribution < 1.29 is 19.1 Å². The number of fused-ring (bicyclic) bond motifs is 1. The van der Waals surface area contributed by atoms with E-state index in [9.17, 15) is 9.59 Å². The normalized spacial score (nSPS) is 10.4. The number of rotatable bonds is 8. The monoisotopic (exact) mass is 416 g/mol. The fourth-order valence-electron chi connectivity index (χ4n) is 3.39. The first-order chi connectivity index (χ1) is 15.0. The number of amides is 1. The molecule has 0 saturated heterocycles. The van der Waals surface area contributed by atoms with Crippen molar-refractivity contribution in [2.75, 3.05) is 24.7 Å². The van der Waals surface area contributed by atoms with Crippen molar-refractivity contribution in [1.29, 1.82) is 5.26 Å². The number of benzene rings is 3. The number of carbonyl (C=O) groups is 2. The van der Waals surface area contributed by atoms with Gasteiger partial charge in [-0.25, -0.2) is 4.79 Å². The summed E-state index contributed by atoms with van der Waals surface area (Å²) in [5.41, 5.74) is 2.69. The molecule has 158 valence electrons. The van der Waals surface area contributed by atoms with E-state index in [1.807, 2.05) is 74.5 Å². The summed E-state index contributed by atoms with van der Waals surface area (Å²) in [5, 5.41) is 10.8. The summed E-state index contributed by atoms with van der Waals surface area (Å²) in [6.45, 7) is 3.38. The predicted octanol–water partition coefficient (Wildman–Crippen LogP) is 4.33. The SMILES string of the molecule is Cc1cc(C)cc(N(CCC#N)C(=O)COC(=O)COc2cccc3ccccc23)c1. The lowest BCUT2D eigenvalue weighted by atomic mass is 10.1. The molecule has 0 aliphatic rings. The summed E-state index contributed by atoms with van der Waals surface area (Å²) in [6, 6.07) is 21.1. The second-order valence-electron chi connectivity index (χ2n) is 7.23. The van der Waals surface area contributed by atoms with Gasteiger partial charge in [-0.1, -0.05) is 42.5 Å². The third-order valence-electron chi connectivity index (χ3n) is 4.72. The minimum absolute atomic E-state index is 0.177. The molecule has 0 saturated carbocycles. The molecule has 1 amide bonds. The molecule has 0 aliphatic heterocycles. The van der Waals surface area contributed by atoms with Crippen LogP contribution in [0.2, 0.25) is 0 Å².